The quantitative estimate of drug-likeness (QED) is 0.740. The van der Waals surface area contributed by atoms with Gasteiger partial charge in [0.25, 0.3) is 0 Å². The molecule has 1 aromatic rings. The van der Waals surface area contributed by atoms with Gasteiger partial charge in [-0.05, 0) is 11.6 Å². The number of alkyl halides is 1. The zero-order chi connectivity index (χ0) is 7.40. The van der Waals surface area contributed by atoms with E-state index in [-0.39, 0.29) is 17.0 Å². The molecule has 0 spiro atoms. The molecule has 2 nitrogen and oxygen atoms in total. The van der Waals surface area contributed by atoms with Gasteiger partial charge in [-0.2, -0.15) is 5.26 Å². The first-order chi connectivity index (χ1) is 4.86. The smallest absolute Gasteiger partial charge is 0.101 e. The van der Waals surface area contributed by atoms with Crippen molar-refractivity contribution in [3.8, 4) is 6.07 Å². The number of hydrogen-bond acceptors (Lipinski definition) is 2. The van der Waals surface area contributed by atoms with Crippen LogP contribution >= 0.6 is 32.9 Å². The Hall–Kier alpha value is -0.400. The number of rotatable bonds is 1. The molecule has 0 aromatic carbocycles. The van der Waals surface area contributed by atoms with E-state index in [1.807, 2.05) is 12.1 Å². The van der Waals surface area contributed by atoms with E-state index >= 15 is 0 Å². The summed E-state index contributed by atoms with van der Waals surface area (Å²) in [4.78, 5) is 3.87. The summed E-state index contributed by atoms with van der Waals surface area (Å²) in [6, 6.07) is 3.83. The van der Waals surface area contributed by atoms with Crippen molar-refractivity contribution in [1.82, 2.24) is 4.98 Å². The summed E-state index contributed by atoms with van der Waals surface area (Å²) in [7, 11) is 0. The summed E-state index contributed by atoms with van der Waals surface area (Å²) < 4.78 is 0. The van der Waals surface area contributed by atoms with Crippen molar-refractivity contribution >= 4 is 32.9 Å². The minimum Gasteiger partial charge on any atom is -0.263 e. The predicted molar refractivity (Wildman–Crippen MR) is 51.9 cm³/mol. The SMILES string of the molecule is Br.N#Cc1cncc(CBr)c1. The summed E-state index contributed by atoms with van der Waals surface area (Å²) in [5, 5.41) is 9.20. The van der Waals surface area contributed by atoms with Gasteiger partial charge in [0.2, 0.25) is 0 Å². The van der Waals surface area contributed by atoms with Crippen LogP contribution in [0.2, 0.25) is 0 Å². The van der Waals surface area contributed by atoms with E-state index in [1.54, 1.807) is 12.4 Å². The molecule has 1 aromatic heterocycles. The Labute approximate surface area is 84.2 Å². The summed E-state index contributed by atoms with van der Waals surface area (Å²) >= 11 is 3.27. The van der Waals surface area contributed by atoms with Gasteiger partial charge in [-0.3, -0.25) is 4.98 Å². The van der Waals surface area contributed by atoms with Gasteiger partial charge in [0.05, 0.1) is 5.56 Å². The van der Waals surface area contributed by atoms with Crippen LogP contribution in [-0.4, -0.2) is 4.98 Å². The zero-order valence-corrected chi connectivity index (χ0v) is 8.92. The van der Waals surface area contributed by atoms with E-state index in [2.05, 4.69) is 20.9 Å². The molecule has 4 heteroatoms. The lowest BCUT2D eigenvalue weighted by molar-refractivity contribution is 1.24. The molecule has 0 bridgehead atoms. The minimum atomic E-state index is 0. The molecule has 0 saturated heterocycles. The van der Waals surface area contributed by atoms with Gasteiger partial charge in [0.15, 0.2) is 0 Å². The van der Waals surface area contributed by atoms with Gasteiger partial charge < -0.3 is 0 Å². The predicted octanol–water partition coefficient (Wildman–Crippen LogP) is 2.43. The van der Waals surface area contributed by atoms with E-state index in [0.717, 1.165) is 10.9 Å². The van der Waals surface area contributed by atoms with E-state index in [0.29, 0.717) is 5.56 Å². The van der Waals surface area contributed by atoms with E-state index in [9.17, 15) is 0 Å². The lowest BCUT2D eigenvalue weighted by Gasteiger charge is -1.91. The van der Waals surface area contributed by atoms with Crippen molar-refractivity contribution in [2.24, 2.45) is 0 Å². The number of aromatic nitrogens is 1. The Balaban J connectivity index is 0.000001000. The van der Waals surface area contributed by atoms with Crippen molar-refractivity contribution in [2.75, 3.05) is 0 Å². The standard InChI is InChI=1S/C7H5BrN2.BrH/c8-2-6-1-7(3-9)5-10-4-6;/h1,4-5H,2H2;1H. The molecule has 0 saturated carbocycles. The molecular formula is C7H6Br2N2. The van der Waals surface area contributed by atoms with Crippen LogP contribution in [0.1, 0.15) is 11.1 Å². The fourth-order valence-corrected chi connectivity index (χ4v) is 0.928. The monoisotopic (exact) mass is 276 g/mol. The fourth-order valence-electron chi connectivity index (χ4n) is 0.622. The Morgan fingerprint density at radius 3 is 2.82 bits per heavy atom. The number of hydrogen-bond donors (Lipinski definition) is 0. The van der Waals surface area contributed by atoms with E-state index < -0.39 is 0 Å². The van der Waals surface area contributed by atoms with Crippen LogP contribution in [0.25, 0.3) is 0 Å². The third kappa shape index (κ3) is 3.00. The zero-order valence-electron chi connectivity index (χ0n) is 5.62. The van der Waals surface area contributed by atoms with Gasteiger partial charge in [0, 0.05) is 17.7 Å². The number of nitrogens with zero attached hydrogens (tertiary/aromatic N) is 2. The molecule has 0 aliphatic rings. The molecule has 1 rings (SSSR count). The van der Waals surface area contributed by atoms with Crippen LogP contribution < -0.4 is 0 Å². The van der Waals surface area contributed by atoms with Crippen LogP contribution in [0, 0.1) is 11.3 Å². The van der Waals surface area contributed by atoms with Crippen molar-refractivity contribution in [3.63, 3.8) is 0 Å². The molecule has 11 heavy (non-hydrogen) atoms. The van der Waals surface area contributed by atoms with E-state index in [4.69, 9.17) is 5.26 Å². The van der Waals surface area contributed by atoms with Gasteiger partial charge in [-0.25, -0.2) is 0 Å². The maximum atomic E-state index is 8.45. The Bertz CT molecular complexity index is 267. The molecule has 0 unspecified atom stereocenters. The van der Waals surface area contributed by atoms with Gasteiger partial charge >= 0.3 is 0 Å². The lowest BCUT2D eigenvalue weighted by Crippen LogP contribution is -1.82. The summed E-state index contributed by atoms with van der Waals surface area (Å²) in [5.41, 5.74) is 1.64. The Morgan fingerprint density at radius 1 is 1.55 bits per heavy atom. The highest BCUT2D eigenvalue weighted by Gasteiger charge is 1.91. The van der Waals surface area contributed by atoms with Crippen molar-refractivity contribution in [3.05, 3.63) is 29.6 Å². The average Bonchev–Trinajstić information content (AvgIpc) is 2.05. The van der Waals surface area contributed by atoms with Crippen LogP contribution in [0.15, 0.2) is 18.5 Å². The van der Waals surface area contributed by atoms with Crippen molar-refractivity contribution in [1.29, 1.82) is 5.26 Å². The molecule has 0 fully saturated rings. The van der Waals surface area contributed by atoms with Crippen LogP contribution in [0.4, 0.5) is 0 Å². The molecule has 0 amide bonds. The first-order valence-corrected chi connectivity index (χ1v) is 3.89. The maximum Gasteiger partial charge on any atom is 0.101 e. The molecule has 0 atom stereocenters. The first kappa shape index (κ1) is 10.6. The second-order valence-corrected chi connectivity index (χ2v) is 2.39. The van der Waals surface area contributed by atoms with E-state index in [1.165, 1.54) is 0 Å². The molecule has 58 valence electrons. The number of pyridine rings is 1. The minimum absolute atomic E-state index is 0. The number of halogens is 2. The van der Waals surface area contributed by atoms with Crippen molar-refractivity contribution < 1.29 is 0 Å². The maximum absolute atomic E-state index is 8.45. The van der Waals surface area contributed by atoms with Crippen LogP contribution in [0.3, 0.4) is 0 Å². The highest BCUT2D eigenvalue weighted by molar-refractivity contribution is 9.08. The highest BCUT2D eigenvalue weighted by Crippen LogP contribution is 2.04. The average molecular weight is 278 g/mol. The summed E-state index contributed by atoms with van der Waals surface area (Å²) in [6.07, 6.45) is 3.28. The molecule has 0 aliphatic carbocycles. The largest absolute Gasteiger partial charge is 0.263 e. The fraction of sp³-hybridized carbons (Fsp3) is 0.143. The first-order valence-electron chi connectivity index (χ1n) is 2.77. The lowest BCUT2D eigenvalue weighted by atomic mass is 10.2. The topological polar surface area (TPSA) is 36.7 Å². The van der Waals surface area contributed by atoms with Gasteiger partial charge in [-0.15, -0.1) is 17.0 Å². The van der Waals surface area contributed by atoms with Crippen molar-refractivity contribution in [2.45, 2.75) is 5.33 Å². The third-order valence-electron chi connectivity index (χ3n) is 1.08. The normalized spacial score (nSPS) is 8.00. The second kappa shape index (κ2) is 5.28. The third-order valence-corrected chi connectivity index (χ3v) is 1.73. The van der Waals surface area contributed by atoms with Crippen LogP contribution in [-0.2, 0) is 5.33 Å². The summed E-state index contributed by atoms with van der Waals surface area (Å²) in [6.45, 7) is 0. The Morgan fingerprint density at radius 2 is 2.27 bits per heavy atom. The second-order valence-electron chi connectivity index (χ2n) is 1.83. The molecular weight excluding hydrogens is 272 g/mol. The molecule has 0 aliphatic heterocycles. The van der Waals surface area contributed by atoms with Crippen LogP contribution in [0.5, 0.6) is 0 Å². The Kier molecular flexibility index (Phi) is 5.08. The summed E-state index contributed by atoms with van der Waals surface area (Å²) in [5.74, 6) is 0. The molecule has 0 N–H and O–H groups in total. The van der Waals surface area contributed by atoms with Gasteiger partial charge in [0.1, 0.15) is 6.07 Å². The highest BCUT2D eigenvalue weighted by atomic mass is 79.9. The number of nitriles is 1. The van der Waals surface area contributed by atoms with Gasteiger partial charge in [-0.1, -0.05) is 15.9 Å². The molecule has 1 heterocycles. The molecule has 0 radical (unpaired) electrons.